The minimum absolute atomic E-state index is 0.143. The minimum atomic E-state index is -0.543. The van der Waals surface area contributed by atoms with E-state index in [1.54, 1.807) is 0 Å². The van der Waals surface area contributed by atoms with E-state index in [-0.39, 0.29) is 37.0 Å². The fourth-order valence-electron chi connectivity index (χ4n) is 5.71. The lowest BCUT2D eigenvalue weighted by Gasteiger charge is -2.23. The van der Waals surface area contributed by atoms with Crippen LogP contribution >= 0.6 is 0 Å². The normalized spacial score (nSPS) is 14.2. The molecule has 4 unspecified atom stereocenters. The molecular formula is C38H74O6. The van der Waals surface area contributed by atoms with Crippen molar-refractivity contribution in [2.75, 3.05) is 0 Å². The van der Waals surface area contributed by atoms with E-state index in [2.05, 4.69) is 27.7 Å². The molecule has 0 N–H and O–H groups in total. The number of hydrogen-bond acceptors (Lipinski definition) is 6. The zero-order valence-electron chi connectivity index (χ0n) is 30.1. The summed E-state index contributed by atoms with van der Waals surface area (Å²) in [5.74, 6) is -0.534. The van der Waals surface area contributed by atoms with Crippen molar-refractivity contribution in [3.8, 4) is 0 Å². The molecule has 0 heterocycles. The molecule has 44 heavy (non-hydrogen) atoms. The quantitative estimate of drug-likeness (QED) is 0.0410. The molecule has 0 amide bonds. The lowest BCUT2D eigenvalue weighted by molar-refractivity contribution is -0.188. The smallest absolute Gasteiger partial charge is 0.308 e. The average molecular weight is 627 g/mol. The molecule has 0 radical (unpaired) electrons. The molecule has 4 atom stereocenters. The van der Waals surface area contributed by atoms with Crippen LogP contribution in [0.3, 0.4) is 0 Å². The Hall–Kier alpha value is -1.14. The number of carbonyl (C=O) groups excluding carboxylic acids is 2. The number of unbranched alkanes of at least 4 members (excludes halogenated alkanes) is 15. The summed E-state index contributed by atoms with van der Waals surface area (Å²) in [6, 6.07) is 0. The summed E-state index contributed by atoms with van der Waals surface area (Å²) in [6.07, 6.45) is 27.5. The zero-order chi connectivity index (χ0) is 32.7. The molecular weight excluding hydrogens is 552 g/mol. The molecule has 0 saturated heterocycles. The van der Waals surface area contributed by atoms with E-state index >= 15 is 0 Å². The van der Waals surface area contributed by atoms with Crippen molar-refractivity contribution in [3.05, 3.63) is 0 Å². The maximum absolute atomic E-state index is 12.4. The Morgan fingerprint density at radius 1 is 0.409 bits per heavy atom. The van der Waals surface area contributed by atoms with Crippen LogP contribution in [0.1, 0.15) is 208 Å². The molecule has 0 aliphatic carbocycles. The summed E-state index contributed by atoms with van der Waals surface area (Å²) in [4.78, 5) is 24.8. The Morgan fingerprint density at radius 2 is 0.705 bits per heavy atom. The Morgan fingerprint density at radius 3 is 1.05 bits per heavy atom. The summed E-state index contributed by atoms with van der Waals surface area (Å²) in [5.41, 5.74) is 0. The standard InChI is InChI=1S/C38H74O6/c1-7-11-15-17-19-21-23-29-35(27-13-9-3)41-33(5)43-37(39)31-25-26-32-38(40)44-34(6)42-36(28-14-10-4)30-24-22-20-18-16-12-8-2/h33-36H,7-32H2,1-6H3. The second-order valence-electron chi connectivity index (χ2n) is 12.9. The van der Waals surface area contributed by atoms with E-state index in [0.717, 1.165) is 51.4 Å². The highest BCUT2D eigenvalue weighted by Gasteiger charge is 2.18. The lowest BCUT2D eigenvalue weighted by atomic mass is 10.0. The van der Waals surface area contributed by atoms with Crippen LogP contribution < -0.4 is 0 Å². The SMILES string of the molecule is CCCCCCCCCC(CCCC)OC(C)OC(=O)CCCCC(=O)OC(C)OC(CCCC)CCCCCCCCC. The van der Waals surface area contributed by atoms with Crippen molar-refractivity contribution in [1.82, 2.24) is 0 Å². The summed E-state index contributed by atoms with van der Waals surface area (Å²) in [6.45, 7) is 12.5. The van der Waals surface area contributed by atoms with Gasteiger partial charge in [-0.1, -0.05) is 143 Å². The van der Waals surface area contributed by atoms with Crippen LogP contribution in [0.4, 0.5) is 0 Å². The van der Waals surface area contributed by atoms with E-state index < -0.39 is 12.6 Å². The first-order valence-electron chi connectivity index (χ1n) is 19.1. The molecule has 6 nitrogen and oxygen atoms in total. The van der Waals surface area contributed by atoms with Gasteiger partial charge in [-0.3, -0.25) is 9.59 Å². The van der Waals surface area contributed by atoms with Gasteiger partial charge in [0.15, 0.2) is 12.6 Å². The van der Waals surface area contributed by atoms with Gasteiger partial charge in [-0.2, -0.15) is 0 Å². The van der Waals surface area contributed by atoms with Crippen LogP contribution in [0.5, 0.6) is 0 Å². The molecule has 0 aliphatic heterocycles. The fraction of sp³-hybridized carbons (Fsp3) is 0.947. The number of esters is 2. The van der Waals surface area contributed by atoms with Gasteiger partial charge in [-0.15, -0.1) is 0 Å². The van der Waals surface area contributed by atoms with Crippen molar-refractivity contribution in [2.24, 2.45) is 0 Å². The van der Waals surface area contributed by atoms with E-state index in [4.69, 9.17) is 18.9 Å². The van der Waals surface area contributed by atoms with Gasteiger partial charge in [-0.25, -0.2) is 0 Å². The molecule has 0 aromatic heterocycles. The Bertz CT molecular complexity index is 585. The second kappa shape index (κ2) is 31.8. The van der Waals surface area contributed by atoms with Crippen molar-refractivity contribution < 1.29 is 28.5 Å². The first kappa shape index (κ1) is 42.9. The van der Waals surface area contributed by atoms with Gasteiger partial charge in [0.05, 0.1) is 12.2 Å². The molecule has 0 fully saturated rings. The summed E-state index contributed by atoms with van der Waals surface area (Å²) in [5, 5.41) is 0. The van der Waals surface area contributed by atoms with Gasteiger partial charge in [0.1, 0.15) is 0 Å². The van der Waals surface area contributed by atoms with Crippen molar-refractivity contribution >= 4 is 11.9 Å². The Kier molecular flexibility index (Phi) is 31.0. The van der Waals surface area contributed by atoms with Crippen LogP contribution in [-0.4, -0.2) is 36.7 Å². The molecule has 0 aromatic rings. The summed E-state index contributed by atoms with van der Waals surface area (Å²) < 4.78 is 23.4. The third-order valence-corrected chi connectivity index (χ3v) is 8.39. The van der Waals surface area contributed by atoms with E-state index in [1.165, 1.54) is 89.9 Å². The van der Waals surface area contributed by atoms with Crippen molar-refractivity contribution in [3.63, 3.8) is 0 Å². The van der Waals surface area contributed by atoms with E-state index in [9.17, 15) is 9.59 Å². The molecule has 262 valence electrons. The second-order valence-corrected chi connectivity index (χ2v) is 12.9. The van der Waals surface area contributed by atoms with E-state index in [0.29, 0.717) is 12.8 Å². The van der Waals surface area contributed by atoms with Gasteiger partial charge >= 0.3 is 11.9 Å². The fourth-order valence-corrected chi connectivity index (χ4v) is 5.71. The Balaban J connectivity index is 4.21. The van der Waals surface area contributed by atoms with Crippen LogP contribution in [0, 0.1) is 0 Å². The maximum Gasteiger partial charge on any atom is 0.308 e. The maximum atomic E-state index is 12.4. The third kappa shape index (κ3) is 28.3. The molecule has 0 rings (SSSR count). The molecule has 0 bridgehead atoms. The largest absolute Gasteiger partial charge is 0.436 e. The van der Waals surface area contributed by atoms with Gasteiger partial charge in [0.25, 0.3) is 0 Å². The van der Waals surface area contributed by atoms with Gasteiger partial charge in [-0.05, 0) is 52.4 Å². The van der Waals surface area contributed by atoms with Crippen LogP contribution in [-0.2, 0) is 28.5 Å². The monoisotopic (exact) mass is 627 g/mol. The summed E-state index contributed by atoms with van der Waals surface area (Å²) in [7, 11) is 0. The highest BCUT2D eigenvalue weighted by Crippen LogP contribution is 2.19. The Labute approximate surface area is 273 Å². The molecule has 0 spiro atoms. The first-order chi connectivity index (χ1) is 21.4. The van der Waals surface area contributed by atoms with Gasteiger partial charge in [0.2, 0.25) is 0 Å². The molecule has 0 aliphatic rings. The number of hydrogen-bond donors (Lipinski definition) is 0. The van der Waals surface area contributed by atoms with Crippen molar-refractivity contribution in [1.29, 1.82) is 0 Å². The predicted octanol–water partition coefficient (Wildman–Crippen LogP) is 11.8. The number of rotatable bonds is 33. The highest BCUT2D eigenvalue weighted by atomic mass is 16.7. The molecule has 6 heteroatoms. The lowest BCUT2D eigenvalue weighted by Crippen LogP contribution is -2.25. The first-order valence-corrected chi connectivity index (χ1v) is 19.1. The summed E-state index contributed by atoms with van der Waals surface area (Å²) >= 11 is 0. The van der Waals surface area contributed by atoms with E-state index in [1.807, 2.05) is 13.8 Å². The minimum Gasteiger partial charge on any atom is -0.436 e. The third-order valence-electron chi connectivity index (χ3n) is 8.39. The van der Waals surface area contributed by atoms with Crippen LogP contribution in [0.15, 0.2) is 0 Å². The molecule has 0 aromatic carbocycles. The average Bonchev–Trinajstić information content (AvgIpc) is 2.99. The van der Waals surface area contributed by atoms with Crippen LogP contribution in [0.2, 0.25) is 0 Å². The van der Waals surface area contributed by atoms with Crippen LogP contribution in [0.25, 0.3) is 0 Å². The number of ether oxygens (including phenoxy) is 4. The van der Waals surface area contributed by atoms with Crippen molar-refractivity contribution in [2.45, 2.75) is 233 Å². The van der Waals surface area contributed by atoms with Gasteiger partial charge in [0, 0.05) is 12.8 Å². The highest BCUT2D eigenvalue weighted by molar-refractivity contribution is 5.70. The molecule has 0 saturated carbocycles. The van der Waals surface area contributed by atoms with Gasteiger partial charge < -0.3 is 18.9 Å². The zero-order valence-corrected chi connectivity index (χ0v) is 30.1. The predicted molar refractivity (Wildman–Crippen MR) is 184 cm³/mol. The number of carbonyl (C=O) groups is 2. The topological polar surface area (TPSA) is 71.1 Å².